The largest absolute Gasteiger partial charge is 0.383 e. The van der Waals surface area contributed by atoms with Gasteiger partial charge in [-0.15, -0.1) is 0 Å². The quantitative estimate of drug-likeness (QED) is 0.704. The molecule has 0 amide bonds. The number of rotatable bonds is 9. The Hall–Kier alpha value is -0.870. The maximum absolute atomic E-state index is 5.11. The molecule has 1 saturated carbocycles. The summed E-state index contributed by atoms with van der Waals surface area (Å²) < 4.78 is 7.18. The van der Waals surface area contributed by atoms with Crippen LogP contribution < -0.4 is 5.32 Å². The van der Waals surface area contributed by atoms with Gasteiger partial charge < -0.3 is 10.1 Å². The molecule has 114 valence electrons. The molecule has 1 atom stereocenters. The average molecular weight is 279 g/mol. The number of hydrogen-bond acceptors (Lipinski definition) is 3. The van der Waals surface area contributed by atoms with E-state index in [1.807, 2.05) is 0 Å². The average Bonchev–Trinajstić information content (AvgIpc) is 3.22. The molecule has 0 aliphatic heterocycles. The molecule has 4 heteroatoms. The summed E-state index contributed by atoms with van der Waals surface area (Å²) in [5.74, 6) is 0.859. The van der Waals surface area contributed by atoms with Gasteiger partial charge in [0.05, 0.1) is 12.3 Å². The van der Waals surface area contributed by atoms with Crippen molar-refractivity contribution in [3.05, 3.63) is 17.5 Å². The van der Waals surface area contributed by atoms with Crippen LogP contribution in [0, 0.1) is 11.3 Å². The van der Waals surface area contributed by atoms with Gasteiger partial charge in [-0.25, -0.2) is 0 Å². The van der Waals surface area contributed by atoms with Crippen LogP contribution in [0.2, 0.25) is 0 Å². The van der Waals surface area contributed by atoms with E-state index >= 15 is 0 Å². The van der Waals surface area contributed by atoms with Gasteiger partial charge in [0.2, 0.25) is 0 Å². The zero-order valence-corrected chi connectivity index (χ0v) is 13.4. The van der Waals surface area contributed by atoms with Gasteiger partial charge in [-0.05, 0) is 43.1 Å². The summed E-state index contributed by atoms with van der Waals surface area (Å²) in [6.45, 7) is 7.37. The van der Waals surface area contributed by atoms with Crippen LogP contribution in [0.25, 0.3) is 0 Å². The highest BCUT2D eigenvalue weighted by atomic mass is 16.5. The van der Waals surface area contributed by atoms with Crippen molar-refractivity contribution >= 4 is 0 Å². The maximum atomic E-state index is 5.11. The molecular formula is C16H29N3O. The van der Waals surface area contributed by atoms with E-state index in [0.717, 1.165) is 38.5 Å². The highest BCUT2D eigenvalue weighted by Gasteiger charge is 2.41. The van der Waals surface area contributed by atoms with Gasteiger partial charge in [-0.1, -0.05) is 13.8 Å². The molecule has 1 N–H and O–H groups in total. The minimum atomic E-state index is 0.340. The molecular weight excluding hydrogens is 250 g/mol. The summed E-state index contributed by atoms with van der Waals surface area (Å²) in [4.78, 5) is 0. The van der Waals surface area contributed by atoms with Gasteiger partial charge >= 0.3 is 0 Å². The van der Waals surface area contributed by atoms with Gasteiger partial charge in [-0.3, -0.25) is 4.68 Å². The number of nitrogens with one attached hydrogen (secondary N) is 1. The molecule has 1 aromatic heterocycles. The van der Waals surface area contributed by atoms with Gasteiger partial charge in [0, 0.05) is 32.9 Å². The third kappa shape index (κ3) is 3.83. The number of hydrogen-bond donors (Lipinski definition) is 1. The zero-order chi connectivity index (χ0) is 14.6. The Balaban J connectivity index is 1.98. The fourth-order valence-electron chi connectivity index (χ4n) is 3.00. The summed E-state index contributed by atoms with van der Waals surface area (Å²) in [5, 5.41) is 8.13. The molecule has 0 aromatic carbocycles. The minimum Gasteiger partial charge on any atom is -0.383 e. The fraction of sp³-hybridized carbons (Fsp3) is 0.812. The molecule has 2 rings (SSSR count). The summed E-state index contributed by atoms with van der Waals surface area (Å²) in [6.07, 6.45) is 4.88. The summed E-state index contributed by atoms with van der Waals surface area (Å²) in [6, 6.07) is 2.27. The van der Waals surface area contributed by atoms with Gasteiger partial charge in [0.1, 0.15) is 0 Å². The number of ether oxygens (including phenoxy) is 1. The van der Waals surface area contributed by atoms with Gasteiger partial charge in [-0.2, -0.15) is 5.10 Å². The van der Waals surface area contributed by atoms with Gasteiger partial charge in [0.25, 0.3) is 0 Å². The van der Waals surface area contributed by atoms with E-state index < -0.39 is 0 Å². The van der Waals surface area contributed by atoms with E-state index in [1.165, 1.54) is 24.2 Å². The van der Waals surface area contributed by atoms with E-state index in [0.29, 0.717) is 5.41 Å². The molecule has 0 radical (unpaired) electrons. The first-order valence-corrected chi connectivity index (χ1v) is 7.80. The monoisotopic (exact) mass is 279 g/mol. The lowest BCUT2D eigenvalue weighted by Crippen LogP contribution is -2.37. The molecule has 1 aliphatic carbocycles. The van der Waals surface area contributed by atoms with Crippen LogP contribution in [0.15, 0.2) is 6.07 Å². The predicted octanol–water partition coefficient (Wildman–Crippen LogP) is 2.18. The van der Waals surface area contributed by atoms with Crippen molar-refractivity contribution in [1.82, 2.24) is 15.1 Å². The van der Waals surface area contributed by atoms with Crippen LogP contribution in [0.4, 0.5) is 0 Å². The second-order valence-corrected chi connectivity index (χ2v) is 6.38. The van der Waals surface area contributed by atoms with Crippen molar-refractivity contribution in [1.29, 1.82) is 0 Å². The van der Waals surface area contributed by atoms with Crippen LogP contribution in [-0.4, -0.2) is 36.6 Å². The number of aryl methyl sites for hydroxylation is 2. The van der Waals surface area contributed by atoms with Crippen molar-refractivity contribution in [3.63, 3.8) is 0 Å². The van der Waals surface area contributed by atoms with Crippen LogP contribution in [-0.2, 0) is 24.6 Å². The molecule has 1 aliphatic rings. The Morgan fingerprint density at radius 2 is 2.25 bits per heavy atom. The normalized spacial score (nSPS) is 18.2. The second-order valence-electron chi connectivity index (χ2n) is 6.38. The van der Waals surface area contributed by atoms with Crippen molar-refractivity contribution < 1.29 is 4.74 Å². The second kappa shape index (κ2) is 6.72. The molecule has 0 saturated heterocycles. The highest BCUT2D eigenvalue weighted by Crippen LogP contribution is 2.47. The molecule has 1 unspecified atom stereocenters. The lowest BCUT2D eigenvalue weighted by Gasteiger charge is -2.30. The molecule has 4 nitrogen and oxygen atoms in total. The van der Waals surface area contributed by atoms with Crippen LogP contribution in [0.3, 0.4) is 0 Å². The molecule has 1 fully saturated rings. The standard InChI is InChI=1S/C16H29N3O/c1-5-14-10-15(19(3)18-14)11-16(2,13-6-7-13)12-17-8-9-20-4/h10,13,17H,5-9,11-12H2,1-4H3. The van der Waals surface area contributed by atoms with E-state index in [-0.39, 0.29) is 0 Å². The maximum Gasteiger partial charge on any atom is 0.0624 e. The zero-order valence-electron chi connectivity index (χ0n) is 13.4. The number of aromatic nitrogens is 2. The predicted molar refractivity (Wildman–Crippen MR) is 81.9 cm³/mol. The van der Waals surface area contributed by atoms with Gasteiger partial charge in [0.15, 0.2) is 0 Å². The fourth-order valence-corrected chi connectivity index (χ4v) is 3.00. The Labute approximate surface area is 122 Å². The molecule has 1 aromatic rings. The first kappa shape index (κ1) is 15.5. The Kier molecular flexibility index (Phi) is 5.22. The van der Waals surface area contributed by atoms with Crippen molar-refractivity contribution in [2.75, 3.05) is 26.8 Å². The SMILES string of the molecule is CCc1cc(CC(C)(CNCCOC)C2CC2)n(C)n1. The summed E-state index contributed by atoms with van der Waals surface area (Å²) in [5.41, 5.74) is 2.91. The third-order valence-electron chi connectivity index (χ3n) is 4.55. The number of methoxy groups -OCH3 is 1. The topological polar surface area (TPSA) is 39.1 Å². The summed E-state index contributed by atoms with van der Waals surface area (Å²) >= 11 is 0. The molecule has 0 bridgehead atoms. The highest BCUT2D eigenvalue weighted by molar-refractivity contribution is 5.13. The van der Waals surface area contributed by atoms with Crippen molar-refractivity contribution in [2.45, 2.75) is 39.5 Å². The van der Waals surface area contributed by atoms with E-state index in [1.54, 1.807) is 7.11 Å². The third-order valence-corrected chi connectivity index (χ3v) is 4.55. The minimum absolute atomic E-state index is 0.340. The lowest BCUT2D eigenvalue weighted by molar-refractivity contribution is 0.186. The van der Waals surface area contributed by atoms with Crippen LogP contribution in [0.5, 0.6) is 0 Å². The first-order chi connectivity index (χ1) is 9.59. The molecule has 20 heavy (non-hydrogen) atoms. The first-order valence-electron chi connectivity index (χ1n) is 7.80. The summed E-state index contributed by atoms with van der Waals surface area (Å²) in [7, 11) is 3.82. The van der Waals surface area contributed by atoms with E-state index in [2.05, 4.69) is 42.1 Å². The Morgan fingerprint density at radius 3 is 2.80 bits per heavy atom. The molecule has 0 spiro atoms. The lowest BCUT2D eigenvalue weighted by atomic mass is 9.80. The smallest absolute Gasteiger partial charge is 0.0624 e. The molecule has 1 heterocycles. The van der Waals surface area contributed by atoms with Crippen LogP contribution >= 0.6 is 0 Å². The van der Waals surface area contributed by atoms with E-state index in [4.69, 9.17) is 4.74 Å². The number of nitrogens with zero attached hydrogens (tertiary/aromatic N) is 2. The van der Waals surface area contributed by atoms with Crippen molar-refractivity contribution in [3.8, 4) is 0 Å². The Bertz CT molecular complexity index is 425. The van der Waals surface area contributed by atoms with Crippen molar-refractivity contribution in [2.24, 2.45) is 18.4 Å². The van der Waals surface area contributed by atoms with E-state index in [9.17, 15) is 0 Å². The Morgan fingerprint density at radius 1 is 1.50 bits per heavy atom. The van der Waals surface area contributed by atoms with Crippen LogP contribution in [0.1, 0.15) is 38.1 Å².